The summed E-state index contributed by atoms with van der Waals surface area (Å²) in [6, 6.07) is 5.13. The third kappa shape index (κ3) is 6.10. The van der Waals surface area contributed by atoms with E-state index in [2.05, 4.69) is 52.2 Å². The molecule has 0 bridgehead atoms. The van der Waals surface area contributed by atoms with Crippen molar-refractivity contribution in [2.75, 3.05) is 17.7 Å². The summed E-state index contributed by atoms with van der Waals surface area (Å²) in [5.74, 6) is 0.625. The number of aromatic nitrogens is 3. The van der Waals surface area contributed by atoms with Crippen molar-refractivity contribution in [2.45, 2.75) is 65.6 Å². The highest BCUT2D eigenvalue weighted by Crippen LogP contribution is 2.44. The Morgan fingerprint density at radius 1 is 1.29 bits per heavy atom. The predicted molar refractivity (Wildman–Crippen MR) is 155 cm³/mol. The van der Waals surface area contributed by atoms with Crippen molar-refractivity contribution in [3.8, 4) is 17.1 Å². The summed E-state index contributed by atoms with van der Waals surface area (Å²) in [6.07, 6.45) is 2.70. The molecule has 1 atom stereocenters. The van der Waals surface area contributed by atoms with Crippen LogP contribution in [-0.4, -0.2) is 44.1 Å². The van der Waals surface area contributed by atoms with Gasteiger partial charge in [-0.25, -0.2) is 4.79 Å². The van der Waals surface area contributed by atoms with Gasteiger partial charge < -0.3 is 19.7 Å². The number of aromatic hydroxyl groups is 1. The Bertz CT molecular complexity index is 1350. The molecule has 1 amide bonds. The van der Waals surface area contributed by atoms with Gasteiger partial charge in [0.05, 0.1) is 23.5 Å². The van der Waals surface area contributed by atoms with Gasteiger partial charge in [-0.3, -0.25) is 4.79 Å². The number of nitrogens with zero attached hydrogens (tertiary/aromatic N) is 3. The maximum Gasteiger partial charge on any atom is 0.341 e. The van der Waals surface area contributed by atoms with E-state index in [1.807, 2.05) is 11.5 Å². The van der Waals surface area contributed by atoms with Crippen LogP contribution in [0, 0.1) is 11.3 Å². The number of carbonyl (C=O) groups excluding carboxylic acids is 2. The number of phenols is 1. The Morgan fingerprint density at radius 2 is 2.05 bits per heavy atom. The number of phenolic OH excluding ortho intramolecular Hbond substituents is 1. The summed E-state index contributed by atoms with van der Waals surface area (Å²) in [6.45, 7) is 11.3. The third-order valence-corrected chi connectivity index (χ3v) is 9.42. The third-order valence-electron chi connectivity index (χ3n) is 6.79. The maximum absolute atomic E-state index is 13.0. The van der Waals surface area contributed by atoms with E-state index < -0.39 is 0 Å². The normalized spacial score (nSPS) is 15.3. The van der Waals surface area contributed by atoms with Crippen molar-refractivity contribution in [1.29, 1.82) is 0 Å². The summed E-state index contributed by atoms with van der Waals surface area (Å²) >= 11 is 6.18. The van der Waals surface area contributed by atoms with E-state index in [1.54, 1.807) is 25.1 Å². The second kappa shape index (κ2) is 11.8. The molecule has 1 aliphatic carbocycles. The molecule has 0 unspecified atom stereocenters. The number of benzene rings is 1. The minimum absolute atomic E-state index is 0.0953. The molecule has 1 aromatic carbocycles. The van der Waals surface area contributed by atoms with Crippen molar-refractivity contribution < 1.29 is 19.4 Å². The fraction of sp³-hybridized carbons (Fsp3) is 0.481. The maximum atomic E-state index is 13.0. The van der Waals surface area contributed by atoms with Crippen LogP contribution in [-0.2, 0) is 28.9 Å². The van der Waals surface area contributed by atoms with Gasteiger partial charge >= 0.3 is 5.97 Å². The van der Waals surface area contributed by atoms with Crippen LogP contribution in [0.2, 0.25) is 0 Å². The number of fused-ring (bicyclic) bond motifs is 1. The average Bonchev–Trinajstić information content (AvgIpc) is 3.43. The zero-order valence-electron chi connectivity index (χ0n) is 22.3. The van der Waals surface area contributed by atoms with Gasteiger partial charge in [0.1, 0.15) is 10.8 Å². The second-order valence-electron chi connectivity index (χ2n) is 10.3. The Kier molecular flexibility index (Phi) is 8.89. The first kappa shape index (κ1) is 28.6. The topological polar surface area (TPSA) is 106 Å². The van der Waals surface area contributed by atoms with Gasteiger partial charge in [0.2, 0.25) is 5.91 Å². The number of rotatable bonds is 8. The molecule has 1 aliphatic rings. The smallest absolute Gasteiger partial charge is 0.341 e. The lowest BCUT2D eigenvalue weighted by Crippen LogP contribution is -2.26. The molecule has 0 fully saturated rings. The van der Waals surface area contributed by atoms with Gasteiger partial charge in [-0.05, 0) is 68.2 Å². The molecule has 8 nitrogen and oxygen atoms in total. The van der Waals surface area contributed by atoms with Gasteiger partial charge in [0.25, 0.3) is 0 Å². The number of anilines is 1. The summed E-state index contributed by atoms with van der Waals surface area (Å²) in [4.78, 5) is 27.1. The monoisotopic (exact) mass is 620 g/mol. The van der Waals surface area contributed by atoms with E-state index in [0.717, 1.165) is 34.2 Å². The van der Waals surface area contributed by atoms with Crippen molar-refractivity contribution in [2.24, 2.45) is 11.3 Å². The van der Waals surface area contributed by atoms with Crippen molar-refractivity contribution >= 4 is 55.9 Å². The molecule has 2 aromatic heterocycles. The first-order valence-corrected chi connectivity index (χ1v) is 15.3. The average molecular weight is 622 g/mol. The first-order chi connectivity index (χ1) is 18.0. The Hall–Kier alpha value is -2.37. The van der Waals surface area contributed by atoms with Gasteiger partial charge in [-0.1, -0.05) is 48.5 Å². The lowest BCUT2D eigenvalue weighted by Gasteiger charge is -2.33. The number of thioether (sulfide) groups is 1. The molecule has 2 N–H and O–H groups in total. The number of hydrogen-bond donors (Lipinski definition) is 2. The van der Waals surface area contributed by atoms with Crippen LogP contribution in [0.4, 0.5) is 5.00 Å². The number of amides is 1. The fourth-order valence-corrected chi connectivity index (χ4v) is 7.19. The lowest BCUT2D eigenvalue weighted by atomic mass is 9.72. The van der Waals surface area contributed by atoms with Gasteiger partial charge in [0, 0.05) is 15.9 Å². The van der Waals surface area contributed by atoms with Crippen molar-refractivity contribution in [1.82, 2.24) is 14.8 Å². The SMILES string of the molecule is CCOC(=O)c1c(NC(=O)CSc2nnc(-c3cc(Br)ccc3O)n2CC)sc2c1CC[C@H](C(C)(C)C)C2. The number of hydrogen-bond acceptors (Lipinski definition) is 8. The predicted octanol–water partition coefficient (Wildman–Crippen LogP) is 6.55. The molecular weight excluding hydrogens is 588 g/mol. The standard InChI is InChI=1S/C27H33BrN4O4S2/c1-6-32-23(18-13-16(28)9-11-19(18)33)30-31-26(32)37-14-21(34)29-24-22(25(35)36-7-2)17-10-8-15(27(3,4)5)12-20(17)38-24/h9,11,13,15,33H,6-8,10,12,14H2,1-5H3,(H,29,34)/t15-/m0/s1. The van der Waals surface area contributed by atoms with Crippen molar-refractivity contribution in [3.63, 3.8) is 0 Å². The molecule has 2 heterocycles. The largest absolute Gasteiger partial charge is 0.507 e. The highest BCUT2D eigenvalue weighted by atomic mass is 79.9. The first-order valence-electron chi connectivity index (χ1n) is 12.7. The molecule has 0 radical (unpaired) electrons. The number of carbonyl (C=O) groups is 2. The summed E-state index contributed by atoms with van der Waals surface area (Å²) in [5, 5.41) is 23.0. The Labute approximate surface area is 239 Å². The summed E-state index contributed by atoms with van der Waals surface area (Å²) in [7, 11) is 0. The van der Waals surface area contributed by atoms with Crippen LogP contribution < -0.4 is 5.32 Å². The molecular formula is C27H33BrN4O4S2. The molecule has 204 valence electrons. The quantitative estimate of drug-likeness (QED) is 0.217. The van der Waals surface area contributed by atoms with E-state index in [1.165, 1.54) is 23.1 Å². The zero-order chi connectivity index (χ0) is 27.6. The molecule has 4 rings (SSSR count). The number of esters is 1. The van der Waals surface area contributed by atoms with E-state index in [0.29, 0.717) is 39.6 Å². The molecule has 0 saturated heterocycles. The van der Waals surface area contributed by atoms with Gasteiger partial charge in [-0.2, -0.15) is 0 Å². The van der Waals surface area contributed by atoms with Gasteiger partial charge in [-0.15, -0.1) is 21.5 Å². The van der Waals surface area contributed by atoms with E-state index in [-0.39, 0.29) is 35.4 Å². The summed E-state index contributed by atoms with van der Waals surface area (Å²) in [5.41, 5.74) is 2.25. The molecule has 3 aromatic rings. The van der Waals surface area contributed by atoms with Crippen LogP contribution in [0.25, 0.3) is 11.4 Å². The number of halogens is 1. The molecule has 0 aliphatic heterocycles. The van der Waals surface area contributed by atoms with Crippen LogP contribution >= 0.6 is 39.0 Å². The van der Waals surface area contributed by atoms with Crippen LogP contribution in [0.1, 0.15) is 61.8 Å². The highest BCUT2D eigenvalue weighted by Gasteiger charge is 2.34. The Morgan fingerprint density at radius 3 is 2.74 bits per heavy atom. The number of ether oxygens (including phenoxy) is 1. The molecule has 0 spiro atoms. The minimum Gasteiger partial charge on any atom is -0.507 e. The van der Waals surface area contributed by atoms with E-state index in [4.69, 9.17) is 4.74 Å². The van der Waals surface area contributed by atoms with Crippen LogP contribution in [0.15, 0.2) is 27.8 Å². The lowest BCUT2D eigenvalue weighted by molar-refractivity contribution is -0.113. The molecule has 0 saturated carbocycles. The zero-order valence-corrected chi connectivity index (χ0v) is 25.5. The second-order valence-corrected chi connectivity index (χ2v) is 13.2. The van der Waals surface area contributed by atoms with Gasteiger partial charge in [0.15, 0.2) is 11.0 Å². The van der Waals surface area contributed by atoms with E-state index in [9.17, 15) is 14.7 Å². The van der Waals surface area contributed by atoms with E-state index >= 15 is 0 Å². The Balaban J connectivity index is 1.52. The van der Waals surface area contributed by atoms with Crippen LogP contribution in [0.5, 0.6) is 5.75 Å². The number of nitrogens with one attached hydrogen (secondary N) is 1. The molecule has 38 heavy (non-hydrogen) atoms. The van der Waals surface area contributed by atoms with Crippen molar-refractivity contribution in [3.05, 3.63) is 38.7 Å². The highest BCUT2D eigenvalue weighted by molar-refractivity contribution is 9.10. The summed E-state index contributed by atoms with van der Waals surface area (Å²) < 4.78 is 8.03. The minimum atomic E-state index is -0.383. The van der Waals surface area contributed by atoms with Crippen LogP contribution in [0.3, 0.4) is 0 Å². The fourth-order valence-electron chi connectivity index (χ4n) is 4.69. The molecule has 11 heteroatoms. The number of thiophene rings is 1.